The van der Waals surface area contributed by atoms with Gasteiger partial charge in [-0.2, -0.15) is 0 Å². The number of hydrogen-bond acceptors (Lipinski definition) is 4. The van der Waals surface area contributed by atoms with Crippen LogP contribution in [0.2, 0.25) is 0 Å². The number of fused-ring (bicyclic) bond motifs is 1. The molecule has 0 spiro atoms. The number of ether oxygens (including phenoxy) is 1. The van der Waals surface area contributed by atoms with E-state index < -0.39 is 9.84 Å². The Morgan fingerprint density at radius 3 is 2.33 bits per heavy atom. The second kappa shape index (κ2) is 8.55. The number of nitrogens with one attached hydrogen (secondary N) is 2. The zero-order valence-corrected chi connectivity index (χ0v) is 17.4. The first kappa shape index (κ1) is 19.9. The molecule has 6 heteroatoms. The van der Waals surface area contributed by atoms with Crippen LogP contribution in [0.15, 0.2) is 94.9 Å². The lowest BCUT2D eigenvalue weighted by Gasteiger charge is -2.14. The molecule has 0 aliphatic rings. The van der Waals surface area contributed by atoms with Gasteiger partial charge >= 0.3 is 0 Å². The second-order valence-corrected chi connectivity index (χ2v) is 8.74. The molecule has 1 heterocycles. The molecular weight excluding hydrogens is 396 g/mol. The lowest BCUT2D eigenvalue weighted by atomic mass is 10.1. The smallest absolute Gasteiger partial charge is 0.214 e. The summed E-state index contributed by atoms with van der Waals surface area (Å²) in [5.74, 6) is 0.690. The van der Waals surface area contributed by atoms with Gasteiger partial charge in [0.2, 0.25) is 15.4 Å². The van der Waals surface area contributed by atoms with E-state index in [4.69, 9.17) is 4.74 Å². The standard InChI is InChI=1S/C24H22N2O3S/c1-2-29-19-13-14-22-21(15-19)24(26-16-18-9-5-3-6-10-18)23(17-25-22)30(27,28)20-11-7-4-8-12-20/h3-15,17H,2,16H2,1H3,(H,25,26)/p+1. The van der Waals surface area contributed by atoms with Gasteiger partial charge in [0.25, 0.3) is 0 Å². The van der Waals surface area contributed by atoms with Crippen molar-refractivity contribution in [1.82, 2.24) is 0 Å². The highest BCUT2D eigenvalue weighted by Crippen LogP contribution is 2.34. The van der Waals surface area contributed by atoms with Gasteiger partial charge in [-0.3, -0.25) is 0 Å². The first-order valence-electron chi connectivity index (χ1n) is 9.79. The van der Waals surface area contributed by atoms with Crippen LogP contribution in [0.25, 0.3) is 10.9 Å². The number of anilines is 1. The van der Waals surface area contributed by atoms with Gasteiger partial charge in [-0.1, -0.05) is 48.5 Å². The number of aromatic nitrogens is 1. The van der Waals surface area contributed by atoms with Gasteiger partial charge in [-0.15, -0.1) is 0 Å². The Morgan fingerprint density at radius 1 is 0.933 bits per heavy atom. The van der Waals surface area contributed by atoms with Gasteiger partial charge in [0.05, 0.1) is 22.6 Å². The fourth-order valence-electron chi connectivity index (χ4n) is 3.37. The Balaban J connectivity index is 1.88. The molecule has 5 nitrogen and oxygen atoms in total. The van der Waals surface area contributed by atoms with Crippen LogP contribution in [0.1, 0.15) is 12.5 Å². The Morgan fingerprint density at radius 2 is 1.63 bits per heavy atom. The quantitative estimate of drug-likeness (QED) is 0.479. The number of pyridine rings is 1. The van der Waals surface area contributed by atoms with Crippen molar-refractivity contribution in [3.05, 3.63) is 90.6 Å². The van der Waals surface area contributed by atoms with Crippen molar-refractivity contribution >= 4 is 26.4 Å². The number of benzene rings is 3. The first-order valence-corrected chi connectivity index (χ1v) is 11.3. The third-order valence-corrected chi connectivity index (χ3v) is 6.63. The zero-order valence-electron chi connectivity index (χ0n) is 16.6. The Bertz CT molecular complexity index is 1260. The Hall–Kier alpha value is -3.38. The van der Waals surface area contributed by atoms with E-state index in [0.717, 1.165) is 16.5 Å². The van der Waals surface area contributed by atoms with Gasteiger partial charge in [-0.25, -0.2) is 13.4 Å². The zero-order chi connectivity index (χ0) is 21.0. The predicted molar refractivity (Wildman–Crippen MR) is 117 cm³/mol. The van der Waals surface area contributed by atoms with Gasteiger partial charge < -0.3 is 10.1 Å². The van der Waals surface area contributed by atoms with Gasteiger partial charge in [0.15, 0.2) is 11.1 Å². The minimum absolute atomic E-state index is 0.200. The molecule has 2 N–H and O–H groups in total. The molecule has 3 aromatic carbocycles. The molecule has 0 aliphatic heterocycles. The van der Waals surface area contributed by atoms with E-state index in [1.807, 2.05) is 55.5 Å². The Labute approximate surface area is 176 Å². The van der Waals surface area contributed by atoms with Crippen molar-refractivity contribution in [3.8, 4) is 5.75 Å². The molecule has 0 saturated heterocycles. The maximum absolute atomic E-state index is 13.4. The lowest BCUT2D eigenvalue weighted by molar-refractivity contribution is -0.347. The molecular formula is C24H23N2O3S+. The third kappa shape index (κ3) is 4.00. The van der Waals surface area contributed by atoms with Crippen LogP contribution >= 0.6 is 0 Å². The summed E-state index contributed by atoms with van der Waals surface area (Å²) < 4.78 is 32.5. The number of hydrogen-bond donors (Lipinski definition) is 1. The molecule has 1 aromatic heterocycles. The summed E-state index contributed by atoms with van der Waals surface area (Å²) in [6.07, 6.45) is 1.55. The maximum atomic E-state index is 13.4. The van der Waals surface area contributed by atoms with E-state index >= 15 is 0 Å². The molecule has 0 atom stereocenters. The molecule has 152 valence electrons. The van der Waals surface area contributed by atoms with E-state index in [1.54, 1.807) is 36.5 Å². The highest BCUT2D eigenvalue weighted by atomic mass is 32.2. The van der Waals surface area contributed by atoms with Crippen molar-refractivity contribution < 1.29 is 18.1 Å². The van der Waals surface area contributed by atoms with Crippen molar-refractivity contribution in [2.45, 2.75) is 23.3 Å². The SMILES string of the molecule is CCOc1ccc2[nH+]cc(S(=O)(=O)c3ccccc3)c(NCc3ccccc3)c2c1. The van der Waals surface area contributed by atoms with Crippen molar-refractivity contribution in [2.75, 3.05) is 11.9 Å². The highest BCUT2D eigenvalue weighted by Gasteiger charge is 2.26. The Kier molecular flexibility index (Phi) is 5.68. The molecule has 0 fully saturated rings. The number of aromatic amines is 1. The number of H-pyrrole nitrogens is 1. The molecule has 0 unspecified atom stereocenters. The summed E-state index contributed by atoms with van der Waals surface area (Å²) in [5.41, 5.74) is 2.43. The molecule has 0 saturated carbocycles. The summed E-state index contributed by atoms with van der Waals surface area (Å²) in [4.78, 5) is 3.58. The van der Waals surface area contributed by atoms with Crippen LogP contribution in [0.5, 0.6) is 5.75 Å². The van der Waals surface area contributed by atoms with Crippen molar-refractivity contribution in [1.29, 1.82) is 0 Å². The summed E-state index contributed by atoms with van der Waals surface area (Å²) in [6, 6.07) is 24.0. The topological polar surface area (TPSA) is 69.5 Å². The maximum Gasteiger partial charge on any atom is 0.214 e. The summed E-state index contributed by atoms with van der Waals surface area (Å²) in [6.45, 7) is 2.95. The first-order chi connectivity index (χ1) is 14.6. The second-order valence-electron chi connectivity index (χ2n) is 6.82. The van der Waals surface area contributed by atoms with E-state index in [-0.39, 0.29) is 9.79 Å². The monoisotopic (exact) mass is 419 g/mol. The molecule has 0 amide bonds. The molecule has 0 radical (unpaired) electrons. The fraction of sp³-hybridized carbons (Fsp3) is 0.125. The van der Waals surface area contributed by atoms with Crippen LogP contribution in [-0.2, 0) is 16.4 Å². The minimum atomic E-state index is -3.73. The molecule has 0 bridgehead atoms. The molecule has 0 aliphatic carbocycles. The van der Waals surface area contributed by atoms with Crippen LogP contribution < -0.4 is 15.0 Å². The van der Waals surface area contributed by atoms with Crippen LogP contribution in [-0.4, -0.2) is 15.0 Å². The molecule has 4 rings (SSSR count). The van der Waals surface area contributed by atoms with Gasteiger partial charge in [-0.05, 0) is 36.8 Å². The van der Waals surface area contributed by atoms with E-state index in [1.165, 1.54) is 0 Å². The van der Waals surface area contributed by atoms with Crippen molar-refractivity contribution in [2.24, 2.45) is 0 Å². The van der Waals surface area contributed by atoms with E-state index in [9.17, 15) is 8.42 Å². The van der Waals surface area contributed by atoms with E-state index in [0.29, 0.717) is 24.6 Å². The lowest BCUT2D eigenvalue weighted by Crippen LogP contribution is -2.15. The summed E-state index contributed by atoms with van der Waals surface area (Å²) in [7, 11) is -3.73. The average Bonchev–Trinajstić information content (AvgIpc) is 2.79. The molecule has 4 aromatic rings. The third-order valence-electron chi connectivity index (χ3n) is 4.83. The van der Waals surface area contributed by atoms with Gasteiger partial charge in [0.1, 0.15) is 5.75 Å². The summed E-state index contributed by atoms with van der Waals surface area (Å²) in [5, 5.41) is 4.12. The van der Waals surface area contributed by atoms with Crippen molar-refractivity contribution in [3.63, 3.8) is 0 Å². The molecule has 30 heavy (non-hydrogen) atoms. The fourth-order valence-corrected chi connectivity index (χ4v) is 4.80. The number of rotatable bonds is 7. The average molecular weight is 420 g/mol. The van der Waals surface area contributed by atoms with Crippen LogP contribution in [0, 0.1) is 0 Å². The van der Waals surface area contributed by atoms with Crippen LogP contribution in [0.4, 0.5) is 5.69 Å². The number of sulfone groups is 1. The normalized spacial score (nSPS) is 11.4. The van der Waals surface area contributed by atoms with Gasteiger partial charge in [0, 0.05) is 12.6 Å². The minimum Gasteiger partial charge on any atom is -0.494 e. The summed E-state index contributed by atoms with van der Waals surface area (Å²) >= 11 is 0. The highest BCUT2D eigenvalue weighted by molar-refractivity contribution is 7.91. The largest absolute Gasteiger partial charge is 0.494 e. The predicted octanol–water partition coefficient (Wildman–Crippen LogP) is 4.50. The van der Waals surface area contributed by atoms with E-state index in [2.05, 4.69) is 10.3 Å². The van der Waals surface area contributed by atoms with Crippen LogP contribution in [0.3, 0.4) is 0 Å².